The minimum atomic E-state index is -0.295. The van der Waals surface area contributed by atoms with Gasteiger partial charge in [0.15, 0.2) is 9.32 Å². The molecule has 0 atom stereocenters. The normalized spacial score (nSPS) is 11.4. The first-order valence-electron chi connectivity index (χ1n) is 8.61. The second kappa shape index (κ2) is 8.30. The van der Waals surface area contributed by atoms with Gasteiger partial charge in [0, 0.05) is 9.13 Å². The van der Waals surface area contributed by atoms with Gasteiger partial charge in [0.2, 0.25) is 3.57 Å². The van der Waals surface area contributed by atoms with E-state index in [1.165, 1.54) is 21.8 Å². The Bertz CT molecular complexity index is 876. The standard InChI is InChI=1S/C23H23I2O/c1-16-6-5-7-21(26-20-14-10-18(24)11-15-20)22(16)25-19-12-8-17(9-13-19)23(2,3)4/h5-15H,1-4H3/q+1. The number of halogens is 2. The van der Waals surface area contributed by atoms with Gasteiger partial charge in [-0.15, -0.1) is 0 Å². The Labute approximate surface area is 180 Å². The van der Waals surface area contributed by atoms with Gasteiger partial charge in [-0.2, -0.15) is 0 Å². The van der Waals surface area contributed by atoms with Crippen LogP contribution in [0.3, 0.4) is 0 Å². The summed E-state index contributed by atoms with van der Waals surface area (Å²) >= 11 is 2.02. The number of benzene rings is 3. The van der Waals surface area contributed by atoms with Crippen LogP contribution in [0.1, 0.15) is 31.9 Å². The van der Waals surface area contributed by atoms with Crippen LogP contribution < -0.4 is 25.9 Å². The zero-order chi connectivity index (χ0) is 18.7. The number of rotatable bonds is 4. The Morgan fingerprint density at radius 3 is 2.12 bits per heavy atom. The molecule has 0 bridgehead atoms. The summed E-state index contributed by atoms with van der Waals surface area (Å²) in [7, 11) is 0. The molecule has 0 aliphatic carbocycles. The first-order chi connectivity index (χ1) is 12.3. The zero-order valence-electron chi connectivity index (χ0n) is 15.5. The van der Waals surface area contributed by atoms with Crippen molar-refractivity contribution < 1.29 is 25.9 Å². The average molecular weight is 569 g/mol. The van der Waals surface area contributed by atoms with Crippen LogP contribution in [0.4, 0.5) is 0 Å². The minimum absolute atomic E-state index is 0.193. The lowest BCUT2D eigenvalue weighted by Gasteiger charge is -2.18. The van der Waals surface area contributed by atoms with E-state index < -0.39 is 0 Å². The van der Waals surface area contributed by atoms with Crippen LogP contribution in [0.25, 0.3) is 0 Å². The molecule has 1 nitrogen and oxygen atoms in total. The van der Waals surface area contributed by atoms with Crippen molar-refractivity contribution in [3.8, 4) is 11.5 Å². The van der Waals surface area contributed by atoms with Gasteiger partial charge in [0.1, 0.15) is 5.75 Å². The predicted molar refractivity (Wildman–Crippen MR) is 113 cm³/mol. The van der Waals surface area contributed by atoms with Crippen molar-refractivity contribution in [2.75, 3.05) is 0 Å². The third-order valence-corrected chi connectivity index (χ3v) is 8.09. The summed E-state index contributed by atoms with van der Waals surface area (Å²) in [4.78, 5) is 0. The molecule has 0 spiro atoms. The molecule has 0 fully saturated rings. The maximum atomic E-state index is 6.22. The minimum Gasteiger partial charge on any atom is -0.453 e. The summed E-state index contributed by atoms with van der Waals surface area (Å²) in [6.07, 6.45) is 0. The van der Waals surface area contributed by atoms with E-state index in [2.05, 4.69) is 105 Å². The highest BCUT2D eigenvalue weighted by atomic mass is 127. The molecule has 0 saturated heterocycles. The fourth-order valence-electron chi connectivity index (χ4n) is 2.57. The Hall–Kier alpha value is -1.08. The molecule has 26 heavy (non-hydrogen) atoms. The van der Waals surface area contributed by atoms with E-state index in [-0.39, 0.29) is 26.6 Å². The van der Waals surface area contributed by atoms with Crippen molar-refractivity contribution in [3.05, 3.63) is 88.6 Å². The first kappa shape index (κ1) is 19.7. The van der Waals surface area contributed by atoms with Crippen LogP contribution in [-0.2, 0) is 5.41 Å². The largest absolute Gasteiger partial charge is 0.453 e. The highest BCUT2D eigenvalue weighted by Gasteiger charge is 2.25. The maximum Gasteiger partial charge on any atom is 0.362 e. The molecule has 3 aromatic rings. The molecule has 0 radical (unpaired) electrons. The smallest absolute Gasteiger partial charge is 0.362 e. The topological polar surface area (TPSA) is 9.23 Å². The molecular weight excluding hydrogens is 546 g/mol. The number of hydrogen-bond acceptors (Lipinski definition) is 1. The van der Waals surface area contributed by atoms with Gasteiger partial charge in [-0.1, -0.05) is 45.0 Å². The van der Waals surface area contributed by atoms with Crippen molar-refractivity contribution in [2.45, 2.75) is 33.1 Å². The van der Waals surface area contributed by atoms with Crippen LogP contribution in [0.2, 0.25) is 0 Å². The Morgan fingerprint density at radius 1 is 0.846 bits per heavy atom. The second-order valence-corrected chi connectivity index (χ2v) is 11.4. The Morgan fingerprint density at radius 2 is 1.50 bits per heavy atom. The van der Waals surface area contributed by atoms with Gasteiger partial charge < -0.3 is 4.74 Å². The van der Waals surface area contributed by atoms with Gasteiger partial charge in [0.25, 0.3) is 0 Å². The lowest BCUT2D eigenvalue weighted by Crippen LogP contribution is -3.61. The van der Waals surface area contributed by atoms with Crippen molar-refractivity contribution in [1.29, 1.82) is 0 Å². The van der Waals surface area contributed by atoms with Gasteiger partial charge in [0.05, 0.1) is 0 Å². The lowest BCUT2D eigenvalue weighted by molar-refractivity contribution is -0.598. The summed E-state index contributed by atoms with van der Waals surface area (Å²) in [6.45, 7) is 8.95. The summed E-state index contributed by atoms with van der Waals surface area (Å²) in [5, 5.41) is 0. The van der Waals surface area contributed by atoms with E-state index in [0.29, 0.717) is 0 Å². The molecule has 3 heteroatoms. The van der Waals surface area contributed by atoms with Crippen LogP contribution in [0, 0.1) is 17.6 Å². The third-order valence-electron chi connectivity index (χ3n) is 4.11. The molecule has 0 N–H and O–H groups in total. The molecule has 0 heterocycles. The van der Waals surface area contributed by atoms with Crippen LogP contribution in [-0.4, -0.2) is 0 Å². The Kier molecular flexibility index (Phi) is 6.28. The van der Waals surface area contributed by atoms with E-state index in [9.17, 15) is 0 Å². The van der Waals surface area contributed by atoms with E-state index in [1.54, 1.807) is 0 Å². The highest BCUT2D eigenvalue weighted by Crippen LogP contribution is 2.23. The summed E-state index contributed by atoms with van der Waals surface area (Å²) in [5.41, 5.74) is 2.88. The van der Waals surface area contributed by atoms with Crippen LogP contribution >= 0.6 is 22.6 Å². The molecule has 0 saturated carbocycles. The van der Waals surface area contributed by atoms with Gasteiger partial charge >= 0.3 is 21.2 Å². The monoisotopic (exact) mass is 569 g/mol. The van der Waals surface area contributed by atoms with Crippen molar-refractivity contribution in [3.63, 3.8) is 0 Å². The van der Waals surface area contributed by atoms with Crippen molar-refractivity contribution >= 4 is 22.6 Å². The highest BCUT2D eigenvalue weighted by molar-refractivity contribution is 14.1. The van der Waals surface area contributed by atoms with Gasteiger partial charge in [-0.05, 0) is 83.0 Å². The molecule has 0 aromatic heterocycles. The molecule has 0 aliphatic heterocycles. The van der Waals surface area contributed by atoms with Gasteiger partial charge in [-0.25, -0.2) is 0 Å². The van der Waals surface area contributed by atoms with E-state index in [0.717, 1.165) is 11.5 Å². The number of hydrogen-bond donors (Lipinski definition) is 0. The third kappa shape index (κ3) is 5.00. The molecule has 3 aromatic carbocycles. The maximum absolute atomic E-state index is 6.22. The second-order valence-electron chi connectivity index (χ2n) is 7.29. The molecule has 0 unspecified atom stereocenters. The predicted octanol–water partition coefficient (Wildman–Crippen LogP) is 3.82. The van der Waals surface area contributed by atoms with Crippen molar-refractivity contribution in [1.82, 2.24) is 0 Å². The summed E-state index contributed by atoms with van der Waals surface area (Å²) < 4.78 is 10.2. The molecule has 3 rings (SSSR count). The van der Waals surface area contributed by atoms with E-state index in [4.69, 9.17) is 4.74 Å². The van der Waals surface area contributed by atoms with Crippen LogP contribution in [0.5, 0.6) is 11.5 Å². The average Bonchev–Trinajstić information content (AvgIpc) is 2.59. The number of aryl methyl sites for hydroxylation is 1. The number of ether oxygens (including phenoxy) is 1. The van der Waals surface area contributed by atoms with Crippen molar-refractivity contribution in [2.24, 2.45) is 0 Å². The summed E-state index contributed by atoms with van der Waals surface area (Å²) in [6, 6.07) is 23.7. The summed E-state index contributed by atoms with van der Waals surface area (Å²) in [5.74, 6) is 1.88. The van der Waals surface area contributed by atoms with E-state index >= 15 is 0 Å². The quantitative estimate of drug-likeness (QED) is 0.435. The fourth-order valence-corrected chi connectivity index (χ4v) is 5.43. The van der Waals surface area contributed by atoms with Gasteiger partial charge in [-0.3, -0.25) is 0 Å². The zero-order valence-corrected chi connectivity index (χ0v) is 19.8. The Balaban J connectivity index is 1.86. The lowest BCUT2D eigenvalue weighted by atomic mass is 9.87. The molecule has 134 valence electrons. The molecular formula is C23H23I2O+. The van der Waals surface area contributed by atoms with E-state index in [1.807, 2.05) is 12.1 Å². The molecule has 0 aliphatic rings. The fraction of sp³-hybridized carbons (Fsp3) is 0.217. The van der Waals surface area contributed by atoms with Crippen LogP contribution in [0.15, 0.2) is 66.7 Å². The SMILES string of the molecule is Cc1cccc(Oc2ccc(I)cc2)c1[I+]c1ccc(C(C)(C)C)cc1. The molecule has 0 amide bonds. The first-order valence-corrected chi connectivity index (χ1v) is 11.8.